The number of carbonyl (C=O) groups is 2. The highest BCUT2D eigenvalue weighted by Gasteiger charge is 2.36. The lowest BCUT2D eigenvalue weighted by Crippen LogP contribution is -2.28. The Morgan fingerprint density at radius 2 is 1.86 bits per heavy atom. The number of thioether (sulfide) groups is 1. The van der Waals surface area contributed by atoms with Crippen LogP contribution < -0.4 is 9.47 Å². The van der Waals surface area contributed by atoms with Crippen LogP contribution in [0.15, 0.2) is 65.6 Å². The fourth-order valence-corrected chi connectivity index (χ4v) is 5.28. The van der Waals surface area contributed by atoms with Crippen molar-refractivity contribution in [3.05, 3.63) is 96.7 Å². The Morgan fingerprint density at radius 1 is 1.09 bits per heavy atom. The third kappa shape index (κ3) is 5.99. The molecular formula is C26H20ClFINO4S. The Balaban J connectivity index is 1.57. The van der Waals surface area contributed by atoms with Gasteiger partial charge in [-0.2, -0.15) is 0 Å². The van der Waals surface area contributed by atoms with E-state index in [4.69, 9.17) is 21.1 Å². The quantitative estimate of drug-likeness (QED) is 0.195. The van der Waals surface area contributed by atoms with Crippen LogP contribution in [0.25, 0.3) is 6.08 Å². The molecule has 1 aliphatic heterocycles. The second kappa shape index (κ2) is 11.5. The number of hydrogen-bond donors (Lipinski definition) is 0. The Labute approximate surface area is 225 Å². The van der Waals surface area contributed by atoms with Crippen molar-refractivity contribution >= 4 is 63.2 Å². The second-order valence-corrected chi connectivity index (χ2v) is 10.1. The number of benzene rings is 3. The van der Waals surface area contributed by atoms with Crippen molar-refractivity contribution in [3.8, 4) is 11.5 Å². The van der Waals surface area contributed by atoms with Crippen LogP contribution in [0.1, 0.15) is 23.6 Å². The monoisotopic (exact) mass is 623 g/mol. The van der Waals surface area contributed by atoms with E-state index >= 15 is 0 Å². The molecule has 0 atom stereocenters. The van der Waals surface area contributed by atoms with Crippen LogP contribution in [0.3, 0.4) is 0 Å². The molecule has 0 saturated carbocycles. The molecule has 0 bridgehead atoms. The van der Waals surface area contributed by atoms with E-state index < -0.39 is 17.0 Å². The Morgan fingerprint density at radius 3 is 2.57 bits per heavy atom. The highest BCUT2D eigenvalue weighted by atomic mass is 127. The molecule has 0 spiro atoms. The molecule has 9 heteroatoms. The van der Waals surface area contributed by atoms with E-state index in [9.17, 15) is 14.0 Å². The number of halogens is 3. The summed E-state index contributed by atoms with van der Waals surface area (Å²) in [6.45, 7) is 2.45. The first-order valence-electron chi connectivity index (χ1n) is 10.7. The Bertz CT molecular complexity index is 1280. The fourth-order valence-electron chi connectivity index (χ4n) is 3.43. The third-order valence-electron chi connectivity index (χ3n) is 5.11. The summed E-state index contributed by atoms with van der Waals surface area (Å²) in [7, 11) is 0. The number of imide groups is 1. The van der Waals surface area contributed by atoms with Crippen LogP contribution in [0.4, 0.5) is 9.18 Å². The smallest absolute Gasteiger partial charge is 0.293 e. The summed E-state index contributed by atoms with van der Waals surface area (Å²) in [4.78, 5) is 26.7. The van der Waals surface area contributed by atoms with Crippen LogP contribution in [0, 0.1) is 9.39 Å². The maximum Gasteiger partial charge on any atom is 0.293 e. The average molecular weight is 624 g/mol. The highest BCUT2D eigenvalue weighted by Crippen LogP contribution is 2.38. The summed E-state index contributed by atoms with van der Waals surface area (Å²) in [5.41, 5.74) is 1.81. The van der Waals surface area contributed by atoms with Crippen LogP contribution >= 0.6 is 46.0 Å². The first-order chi connectivity index (χ1) is 16.9. The topological polar surface area (TPSA) is 55.8 Å². The SMILES string of the molecule is CCOc1cc(/C=C2/SC(=O)N(Cc3c(F)cccc3Cl)C2=O)cc(I)c1OCc1ccccc1. The molecule has 3 aromatic rings. The van der Waals surface area contributed by atoms with Crippen molar-refractivity contribution in [2.24, 2.45) is 0 Å². The van der Waals surface area contributed by atoms with Gasteiger partial charge in [-0.15, -0.1) is 0 Å². The maximum atomic E-state index is 14.2. The van der Waals surface area contributed by atoms with Gasteiger partial charge in [0.1, 0.15) is 12.4 Å². The van der Waals surface area contributed by atoms with Gasteiger partial charge in [0, 0.05) is 10.6 Å². The summed E-state index contributed by atoms with van der Waals surface area (Å²) >= 11 is 9.04. The molecule has 3 aromatic carbocycles. The number of ether oxygens (including phenoxy) is 2. The van der Waals surface area contributed by atoms with Crippen molar-refractivity contribution < 1.29 is 23.5 Å². The minimum absolute atomic E-state index is 0.103. The van der Waals surface area contributed by atoms with E-state index in [1.54, 1.807) is 12.1 Å². The molecule has 180 valence electrons. The van der Waals surface area contributed by atoms with Gasteiger partial charge in [0.15, 0.2) is 11.5 Å². The average Bonchev–Trinajstić information content (AvgIpc) is 3.09. The van der Waals surface area contributed by atoms with Gasteiger partial charge in [-0.3, -0.25) is 14.5 Å². The molecule has 0 aromatic heterocycles. The van der Waals surface area contributed by atoms with Gasteiger partial charge in [0.2, 0.25) is 0 Å². The van der Waals surface area contributed by atoms with Gasteiger partial charge in [0.25, 0.3) is 11.1 Å². The standard InChI is InChI=1S/C26H20ClFINO4S/c1-2-33-22-12-17(11-21(29)24(22)34-15-16-7-4-3-5-8-16)13-23-25(31)30(26(32)35-23)14-18-19(27)9-6-10-20(18)28/h3-13H,2,14-15H2,1H3/b23-13+. The van der Waals surface area contributed by atoms with Gasteiger partial charge in [0.05, 0.1) is 21.6 Å². The molecule has 1 heterocycles. The van der Waals surface area contributed by atoms with Gasteiger partial charge >= 0.3 is 0 Å². The number of amides is 2. The van der Waals surface area contributed by atoms with E-state index in [0.717, 1.165) is 25.8 Å². The fraction of sp³-hybridized carbons (Fsp3) is 0.154. The largest absolute Gasteiger partial charge is 0.490 e. The lowest BCUT2D eigenvalue weighted by Gasteiger charge is -2.15. The minimum atomic E-state index is -0.567. The normalized spacial score (nSPS) is 14.6. The molecule has 4 rings (SSSR count). The van der Waals surface area contributed by atoms with Gasteiger partial charge < -0.3 is 9.47 Å². The van der Waals surface area contributed by atoms with Crippen LogP contribution in [0.5, 0.6) is 11.5 Å². The lowest BCUT2D eigenvalue weighted by molar-refractivity contribution is -0.123. The van der Waals surface area contributed by atoms with Gasteiger partial charge in [-0.05, 0) is 82.7 Å². The lowest BCUT2D eigenvalue weighted by atomic mass is 10.1. The molecule has 1 fully saturated rings. The van der Waals surface area contributed by atoms with Crippen molar-refractivity contribution in [2.75, 3.05) is 6.61 Å². The molecular weight excluding hydrogens is 604 g/mol. The number of hydrogen-bond acceptors (Lipinski definition) is 5. The van der Waals surface area contributed by atoms with E-state index in [1.807, 2.05) is 43.3 Å². The van der Waals surface area contributed by atoms with E-state index in [0.29, 0.717) is 30.3 Å². The first kappa shape index (κ1) is 25.5. The second-order valence-electron chi connectivity index (χ2n) is 7.51. The number of carbonyl (C=O) groups excluding carboxylic acids is 2. The van der Waals surface area contributed by atoms with Crippen LogP contribution in [-0.4, -0.2) is 22.7 Å². The molecule has 1 aliphatic rings. The molecule has 0 N–H and O–H groups in total. The first-order valence-corrected chi connectivity index (χ1v) is 13.0. The number of nitrogens with zero attached hydrogens (tertiary/aromatic N) is 1. The zero-order valence-electron chi connectivity index (χ0n) is 18.6. The highest BCUT2D eigenvalue weighted by molar-refractivity contribution is 14.1. The molecule has 2 amide bonds. The zero-order valence-corrected chi connectivity index (χ0v) is 22.3. The van der Waals surface area contributed by atoms with E-state index in [1.165, 1.54) is 18.2 Å². The van der Waals surface area contributed by atoms with E-state index in [-0.39, 0.29) is 22.0 Å². The maximum absolute atomic E-state index is 14.2. The molecule has 5 nitrogen and oxygen atoms in total. The van der Waals surface area contributed by atoms with Gasteiger partial charge in [-0.25, -0.2) is 4.39 Å². The predicted octanol–water partition coefficient (Wildman–Crippen LogP) is 7.30. The minimum Gasteiger partial charge on any atom is -0.490 e. The third-order valence-corrected chi connectivity index (χ3v) is 7.17. The van der Waals surface area contributed by atoms with Crippen molar-refractivity contribution in [3.63, 3.8) is 0 Å². The Hall–Kier alpha value is -2.56. The van der Waals surface area contributed by atoms with Crippen LogP contribution in [0.2, 0.25) is 5.02 Å². The van der Waals surface area contributed by atoms with Crippen LogP contribution in [-0.2, 0) is 17.9 Å². The molecule has 1 saturated heterocycles. The Kier molecular flexibility index (Phi) is 8.35. The zero-order chi connectivity index (χ0) is 24.9. The molecule has 35 heavy (non-hydrogen) atoms. The van der Waals surface area contributed by atoms with Crippen molar-refractivity contribution in [2.45, 2.75) is 20.1 Å². The predicted molar refractivity (Wildman–Crippen MR) is 144 cm³/mol. The van der Waals surface area contributed by atoms with E-state index in [2.05, 4.69) is 22.6 Å². The van der Waals surface area contributed by atoms with Crippen molar-refractivity contribution in [1.82, 2.24) is 4.90 Å². The summed E-state index contributed by atoms with van der Waals surface area (Å²) in [5.74, 6) is 0.0777. The summed E-state index contributed by atoms with van der Waals surface area (Å²) in [5, 5.41) is -0.321. The van der Waals surface area contributed by atoms with Crippen molar-refractivity contribution in [1.29, 1.82) is 0 Å². The summed E-state index contributed by atoms with van der Waals surface area (Å²) in [6, 6.07) is 17.7. The summed E-state index contributed by atoms with van der Waals surface area (Å²) < 4.78 is 26.8. The van der Waals surface area contributed by atoms with Gasteiger partial charge in [-0.1, -0.05) is 48.0 Å². The summed E-state index contributed by atoms with van der Waals surface area (Å²) in [6.07, 6.45) is 1.62. The molecule has 0 unspecified atom stereocenters. The molecule has 0 radical (unpaired) electrons. The molecule has 0 aliphatic carbocycles. The number of rotatable bonds is 8.